The van der Waals surface area contributed by atoms with Crippen molar-refractivity contribution < 1.29 is 8.42 Å². The average molecular weight is 249 g/mol. The van der Waals surface area contributed by atoms with Crippen molar-refractivity contribution in [3.05, 3.63) is 35.9 Å². The maximum absolute atomic E-state index is 11.0. The Morgan fingerprint density at radius 3 is 2.40 bits per heavy atom. The first kappa shape index (κ1) is 12.4. The van der Waals surface area contributed by atoms with Crippen molar-refractivity contribution in [1.29, 1.82) is 0 Å². The molecule has 0 heterocycles. The summed E-state index contributed by atoms with van der Waals surface area (Å²) in [5, 5.41) is 0. The normalized spacial score (nSPS) is 11.9. The van der Waals surface area contributed by atoms with Crippen LogP contribution in [0.25, 0.3) is 0 Å². The molecule has 0 saturated heterocycles. The minimum Gasteiger partial charge on any atom is -0.236 e. The molecular weight excluding hydrogens is 236 g/mol. The Bertz CT molecular complexity index is 394. The Kier molecular flexibility index (Phi) is 4.53. The van der Waals surface area contributed by atoms with E-state index >= 15 is 0 Å². The molecule has 0 aliphatic heterocycles. The molecule has 0 unspecified atom stereocenters. The van der Waals surface area contributed by atoms with Crippen molar-refractivity contribution in [2.45, 2.75) is 13.5 Å². The number of nitrogens with zero attached hydrogens (tertiary/aromatic N) is 1. The van der Waals surface area contributed by atoms with Gasteiger partial charge < -0.3 is 0 Å². The molecule has 15 heavy (non-hydrogen) atoms. The number of hydrogen-bond donors (Lipinski definition) is 1. The number of nitrogens with one attached hydrogen (secondary N) is 1. The Morgan fingerprint density at radius 1 is 1.33 bits per heavy atom. The van der Waals surface area contributed by atoms with Crippen molar-refractivity contribution in [3.63, 3.8) is 0 Å². The van der Waals surface area contributed by atoms with Gasteiger partial charge in [0.1, 0.15) is 0 Å². The molecule has 1 aromatic carbocycles. The molecule has 1 N–H and O–H groups in total. The van der Waals surface area contributed by atoms with Crippen LogP contribution in [0.1, 0.15) is 12.5 Å². The molecule has 0 spiro atoms. The number of rotatable bonds is 5. The monoisotopic (exact) mass is 248 g/mol. The van der Waals surface area contributed by atoms with Gasteiger partial charge in [0.25, 0.3) is 0 Å². The number of benzene rings is 1. The SMILES string of the molecule is CCN(NCc1ccccc1)S(=O)(=O)Cl. The highest BCUT2D eigenvalue weighted by atomic mass is 35.7. The largest absolute Gasteiger partial charge is 0.312 e. The predicted octanol–water partition coefficient (Wildman–Crippen LogP) is 1.50. The molecule has 0 aliphatic rings. The Hall–Kier alpha value is -0.620. The van der Waals surface area contributed by atoms with Crippen LogP contribution >= 0.6 is 10.7 Å². The molecule has 0 atom stereocenters. The zero-order valence-electron chi connectivity index (χ0n) is 8.35. The summed E-state index contributed by atoms with van der Waals surface area (Å²) in [5.74, 6) is 0. The first-order chi connectivity index (χ1) is 7.04. The van der Waals surface area contributed by atoms with Crippen LogP contribution in [0.2, 0.25) is 0 Å². The molecule has 0 bridgehead atoms. The van der Waals surface area contributed by atoms with E-state index in [9.17, 15) is 8.42 Å². The summed E-state index contributed by atoms with van der Waals surface area (Å²) in [4.78, 5) is 0. The summed E-state index contributed by atoms with van der Waals surface area (Å²) < 4.78 is 23.0. The average Bonchev–Trinajstić information content (AvgIpc) is 2.18. The quantitative estimate of drug-likeness (QED) is 0.635. The highest BCUT2D eigenvalue weighted by molar-refractivity contribution is 8.11. The number of hydrazine groups is 1. The van der Waals surface area contributed by atoms with Crippen molar-refractivity contribution in [2.75, 3.05) is 6.54 Å². The minimum atomic E-state index is -3.69. The smallest absolute Gasteiger partial charge is 0.236 e. The Morgan fingerprint density at radius 2 is 1.93 bits per heavy atom. The van der Waals surface area contributed by atoms with Gasteiger partial charge in [0.05, 0.1) is 0 Å². The van der Waals surface area contributed by atoms with Gasteiger partial charge in [-0.2, -0.15) is 8.42 Å². The van der Waals surface area contributed by atoms with Gasteiger partial charge in [-0.25, -0.2) is 5.43 Å². The topological polar surface area (TPSA) is 49.4 Å². The number of halogens is 1. The standard InChI is InChI=1S/C9H13ClN2O2S/c1-2-12(15(10,13)14)11-8-9-6-4-3-5-7-9/h3-7,11H,2,8H2,1H3. The van der Waals surface area contributed by atoms with Crippen LogP contribution < -0.4 is 5.43 Å². The summed E-state index contributed by atoms with van der Waals surface area (Å²) in [6, 6.07) is 9.49. The Balaban J connectivity index is 2.56. The first-order valence-electron chi connectivity index (χ1n) is 4.53. The van der Waals surface area contributed by atoms with Gasteiger partial charge in [-0.1, -0.05) is 30.3 Å². The fourth-order valence-corrected chi connectivity index (χ4v) is 2.08. The molecule has 0 aromatic heterocycles. The first-order valence-corrected chi connectivity index (χ1v) is 6.80. The molecule has 6 heteroatoms. The molecule has 0 aliphatic carbocycles. The molecule has 0 fully saturated rings. The molecule has 0 radical (unpaired) electrons. The second-order valence-electron chi connectivity index (χ2n) is 2.93. The summed E-state index contributed by atoms with van der Waals surface area (Å²) >= 11 is 0. The molecule has 1 aromatic rings. The van der Waals surface area contributed by atoms with Gasteiger partial charge in [-0.15, -0.1) is 4.41 Å². The summed E-state index contributed by atoms with van der Waals surface area (Å²) in [5.41, 5.74) is 3.74. The fraction of sp³-hybridized carbons (Fsp3) is 0.333. The van der Waals surface area contributed by atoms with E-state index in [4.69, 9.17) is 10.7 Å². The van der Waals surface area contributed by atoms with Gasteiger partial charge in [-0.3, -0.25) is 0 Å². The maximum Gasteiger partial charge on any atom is 0.312 e. The summed E-state index contributed by atoms with van der Waals surface area (Å²) in [6.07, 6.45) is 0. The van der Waals surface area contributed by atoms with Gasteiger partial charge >= 0.3 is 9.24 Å². The summed E-state index contributed by atoms with van der Waals surface area (Å²) in [7, 11) is 1.51. The van der Waals surface area contributed by atoms with E-state index in [1.54, 1.807) is 6.92 Å². The van der Waals surface area contributed by atoms with E-state index in [-0.39, 0.29) is 0 Å². The van der Waals surface area contributed by atoms with E-state index in [0.29, 0.717) is 13.1 Å². The molecule has 0 amide bonds. The minimum absolute atomic E-state index is 0.290. The van der Waals surface area contributed by atoms with E-state index < -0.39 is 9.24 Å². The molecule has 0 saturated carbocycles. The van der Waals surface area contributed by atoms with Gasteiger partial charge in [0.2, 0.25) is 0 Å². The molecule has 4 nitrogen and oxygen atoms in total. The maximum atomic E-state index is 11.0. The van der Waals surface area contributed by atoms with Crippen LogP contribution in [-0.4, -0.2) is 19.4 Å². The molecule has 1 rings (SSSR count). The van der Waals surface area contributed by atoms with Crippen LogP contribution in [0, 0.1) is 0 Å². The zero-order chi connectivity index (χ0) is 11.3. The van der Waals surface area contributed by atoms with Crippen molar-refractivity contribution in [2.24, 2.45) is 0 Å². The van der Waals surface area contributed by atoms with E-state index in [1.807, 2.05) is 30.3 Å². The summed E-state index contributed by atoms with van der Waals surface area (Å²) in [6.45, 7) is 2.43. The Labute approximate surface area is 94.4 Å². The van der Waals surface area contributed by atoms with Crippen molar-refractivity contribution in [3.8, 4) is 0 Å². The highest BCUT2D eigenvalue weighted by Crippen LogP contribution is 2.04. The lowest BCUT2D eigenvalue weighted by molar-refractivity contribution is 0.333. The third-order valence-corrected chi connectivity index (χ3v) is 3.27. The van der Waals surface area contributed by atoms with Crippen LogP contribution in [0.4, 0.5) is 0 Å². The lowest BCUT2D eigenvalue weighted by Gasteiger charge is -2.17. The van der Waals surface area contributed by atoms with Crippen LogP contribution in [0.5, 0.6) is 0 Å². The van der Waals surface area contributed by atoms with Crippen molar-refractivity contribution >= 4 is 19.9 Å². The van der Waals surface area contributed by atoms with Gasteiger partial charge in [-0.05, 0) is 12.5 Å². The second kappa shape index (κ2) is 5.46. The highest BCUT2D eigenvalue weighted by Gasteiger charge is 2.15. The predicted molar refractivity (Wildman–Crippen MR) is 60.4 cm³/mol. The zero-order valence-corrected chi connectivity index (χ0v) is 9.92. The van der Waals surface area contributed by atoms with Crippen molar-refractivity contribution in [1.82, 2.24) is 9.84 Å². The molecule has 84 valence electrons. The fourth-order valence-electron chi connectivity index (χ4n) is 1.12. The van der Waals surface area contributed by atoms with E-state index in [2.05, 4.69) is 5.43 Å². The van der Waals surface area contributed by atoms with Crippen LogP contribution in [0.3, 0.4) is 0 Å². The lowest BCUT2D eigenvalue weighted by atomic mass is 10.2. The van der Waals surface area contributed by atoms with E-state index in [0.717, 1.165) is 9.98 Å². The lowest BCUT2D eigenvalue weighted by Crippen LogP contribution is -2.39. The van der Waals surface area contributed by atoms with Gasteiger partial charge in [0, 0.05) is 23.8 Å². The second-order valence-corrected chi connectivity index (χ2v) is 5.36. The van der Waals surface area contributed by atoms with Crippen LogP contribution in [-0.2, 0) is 15.8 Å². The van der Waals surface area contributed by atoms with Crippen LogP contribution in [0.15, 0.2) is 30.3 Å². The third kappa shape index (κ3) is 4.17. The van der Waals surface area contributed by atoms with E-state index in [1.165, 1.54) is 0 Å². The third-order valence-electron chi connectivity index (χ3n) is 1.85. The number of hydrogen-bond acceptors (Lipinski definition) is 3. The molecular formula is C9H13ClN2O2S. The van der Waals surface area contributed by atoms with Gasteiger partial charge in [0.15, 0.2) is 0 Å².